The largest absolute Gasteiger partial charge is 0.462 e. The summed E-state index contributed by atoms with van der Waals surface area (Å²) in [5.41, 5.74) is 1.17. The van der Waals surface area contributed by atoms with Gasteiger partial charge in [0.15, 0.2) is 5.16 Å². The molecule has 0 fully saturated rings. The maximum Gasteiger partial charge on any atom is 0.343 e. The number of esters is 1. The first-order valence-corrected chi connectivity index (χ1v) is 8.12. The van der Waals surface area contributed by atoms with Gasteiger partial charge in [0.1, 0.15) is 17.7 Å². The molecule has 8 nitrogen and oxygen atoms in total. The van der Waals surface area contributed by atoms with Crippen molar-refractivity contribution in [3.05, 3.63) is 23.7 Å². The van der Waals surface area contributed by atoms with Crippen molar-refractivity contribution < 1.29 is 14.3 Å². The van der Waals surface area contributed by atoms with Crippen molar-refractivity contribution in [3.8, 4) is 0 Å². The van der Waals surface area contributed by atoms with Crippen LogP contribution in [-0.2, 0) is 23.0 Å². The topological polar surface area (TPSA) is 99.0 Å². The van der Waals surface area contributed by atoms with E-state index in [0.29, 0.717) is 28.6 Å². The summed E-state index contributed by atoms with van der Waals surface area (Å²) in [6, 6.07) is 0. The lowest BCUT2D eigenvalue weighted by Gasteiger charge is -2.13. The Kier molecular flexibility index (Phi) is 5.69. The normalized spacial score (nSPS) is 10.4. The molecule has 2 rings (SSSR count). The van der Waals surface area contributed by atoms with Gasteiger partial charge >= 0.3 is 5.97 Å². The quantitative estimate of drug-likeness (QED) is 0.352. The zero-order chi connectivity index (χ0) is 16.8. The van der Waals surface area contributed by atoms with Gasteiger partial charge in [-0.1, -0.05) is 11.8 Å². The van der Waals surface area contributed by atoms with Crippen molar-refractivity contribution in [2.75, 3.05) is 18.2 Å². The van der Waals surface area contributed by atoms with E-state index in [-0.39, 0.29) is 18.6 Å². The number of rotatable bonds is 7. The van der Waals surface area contributed by atoms with Crippen molar-refractivity contribution in [2.45, 2.75) is 18.5 Å². The SMILES string of the molecule is CCOC(=O)c1c(CC=O)nc(SC)nc1Nc1cnn(C)c1. The van der Waals surface area contributed by atoms with Gasteiger partial charge in [0, 0.05) is 19.7 Å². The first-order chi connectivity index (χ1) is 11.1. The van der Waals surface area contributed by atoms with Crippen LogP contribution >= 0.6 is 11.8 Å². The molecule has 0 aromatic carbocycles. The summed E-state index contributed by atoms with van der Waals surface area (Å²) in [7, 11) is 1.78. The second kappa shape index (κ2) is 7.73. The third-order valence-corrected chi connectivity index (χ3v) is 3.42. The monoisotopic (exact) mass is 335 g/mol. The fraction of sp³-hybridized carbons (Fsp3) is 0.357. The molecule has 9 heteroatoms. The molecule has 0 aliphatic rings. The molecular formula is C14H17N5O3S. The molecule has 0 radical (unpaired) electrons. The fourth-order valence-corrected chi connectivity index (χ4v) is 2.32. The van der Waals surface area contributed by atoms with Crippen LogP contribution in [0.1, 0.15) is 23.0 Å². The van der Waals surface area contributed by atoms with Crippen molar-refractivity contribution in [1.82, 2.24) is 19.7 Å². The van der Waals surface area contributed by atoms with E-state index >= 15 is 0 Å². The van der Waals surface area contributed by atoms with Crippen molar-refractivity contribution in [2.24, 2.45) is 7.05 Å². The number of anilines is 2. The van der Waals surface area contributed by atoms with Crippen molar-refractivity contribution in [3.63, 3.8) is 0 Å². The van der Waals surface area contributed by atoms with Gasteiger partial charge in [-0.2, -0.15) is 5.10 Å². The smallest absolute Gasteiger partial charge is 0.343 e. The second-order valence-electron chi connectivity index (χ2n) is 4.50. The minimum atomic E-state index is -0.566. The molecule has 0 atom stereocenters. The molecule has 2 aromatic rings. The van der Waals surface area contributed by atoms with Gasteiger partial charge in [-0.15, -0.1) is 0 Å². The van der Waals surface area contributed by atoms with Crippen LogP contribution in [-0.4, -0.2) is 44.9 Å². The Morgan fingerprint density at radius 3 is 2.83 bits per heavy atom. The summed E-state index contributed by atoms with van der Waals surface area (Å²) in [6.45, 7) is 1.93. The number of nitrogens with zero attached hydrogens (tertiary/aromatic N) is 4. The molecule has 0 bridgehead atoms. The average Bonchev–Trinajstić information content (AvgIpc) is 2.92. The summed E-state index contributed by atoms with van der Waals surface area (Å²) in [6.07, 6.45) is 5.87. The Morgan fingerprint density at radius 1 is 1.48 bits per heavy atom. The average molecular weight is 335 g/mol. The highest BCUT2D eigenvalue weighted by Gasteiger charge is 2.22. The molecule has 2 aromatic heterocycles. The van der Waals surface area contributed by atoms with Gasteiger partial charge < -0.3 is 14.8 Å². The van der Waals surface area contributed by atoms with Gasteiger partial charge in [0.25, 0.3) is 0 Å². The molecule has 23 heavy (non-hydrogen) atoms. The van der Waals surface area contributed by atoms with Crippen LogP contribution in [0, 0.1) is 0 Å². The van der Waals surface area contributed by atoms with Gasteiger partial charge in [-0.3, -0.25) is 4.68 Å². The Morgan fingerprint density at radius 2 is 2.26 bits per heavy atom. The first-order valence-electron chi connectivity index (χ1n) is 6.90. The van der Waals surface area contributed by atoms with Crippen LogP contribution in [0.3, 0.4) is 0 Å². The maximum absolute atomic E-state index is 12.3. The third kappa shape index (κ3) is 4.07. The van der Waals surface area contributed by atoms with Crippen LogP contribution < -0.4 is 5.32 Å². The minimum absolute atomic E-state index is 0.00590. The van der Waals surface area contributed by atoms with Crippen LogP contribution in [0.2, 0.25) is 0 Å². The Bertz CT molecular complexity index is 716. The lowest BCUT2D eigenvalue weighted by atomic mass is 10.1. The van der Waals surface area contributed by atoms with Gasteiger partial charge in [-0.25, -0.2) is 14.8 Å². The predicted octanol–water partition coefficient (Wildman–Crippen LogP) is 1.59. The molecule has 0 saturated heterocycles. The highest BCUT2D eigenvalue weighted by atomic mass is 32.2. The second-order valence-corrected chi connectivity index (χ2v) is 5.27. The third-order valence-electron chi connectivity index (χ3n) is 2.87. The highest BCUT2D eigenvalue weighted by Crippen LogP contribution is 2.25. The van der Waals surface area contributed by atoms with Gasteiger partial charge in [0.2, 0.25) is 0 Å². The fourth-order valence-electron chi connectivity index (χ4n) is 1.93. The zero-order valence-electron chi connectivity index (χ0n) is 13.1. The number of ether oxygens (including phenoxy) is 1. The molecule has 0 spiro atoms. The number of aryl methyl sites for hydroxylation is 1. The Balaban J connectivity index is 2.52. The molecular weight excluding hydrogens is 318 g/mol. The van der Waals surface area contributed by atoms with Crippen LogP contribution in [0.4, 0.5) is 11.5 Å². The number of hydrogen-bond donors (Lipinski definition) is 1. The van der Waals surface area contributed by atoms with Crippen molar-refractivity contribution >= 4 is 35.5 Å². The summed E-state index contributed by atoms with van der Waals surface area (Å²) in [4.78, 5) is 31.8. The summed E-state index contributed by atoms with van der Waals surface area (Å²) in [5.74, 6) is -0.268. The standard InChI is InChI=1S/C14H17N5O3S/c1-4-22-13(21)11-10(5-6-20)17-14(23-3)18-12(11)16-9-7-15-19(2)8-9/h6-8H,4-5H2,1-3H3,(H,16,17,18). The summed E-state index contributed by atoms with van der Waals surface area (Å²) < 4.78 is 6.69. The van der Waals surface area contributed by atoms with E-state index in [0.717, 1.165) is 0 Å². The highest BCUT2D eigenvalue weighted by molar-refractivity contribution is 7.98. The Hall–Kier alpha value is -2.42. The number of aldehydes is 1. The lowest BCUT2D eigenvalue weighted by molar-refractivity contribution is -0.107. The molecule has 0 amide bonds. The van der Waals surface area contributed by atoms with E-state index in [1.807, 2.05) is 6.26 Å². The van der Waals surface area contributed by atoms with Crippen LogP contribution in [0.15, 0.2) is 17.6 Å². The lowest BCUT2D eigenvalue weighted by Crippen LogP contribution is -2.15. The molecule has 0 aliphatic carbocycles. The van der Waals surface area contributed by atoms with Gasteiger partial charge in [-0.05, 0) is 13.2 Å². The first kappa shape index (κ1) is 16.9. The van der Waals surface area contributed by atoms with E-state index in [1.165, 1.54) is 11.8 Å². The molecule has 2 heterocycles. The van der Waals surface area contributed by atoms with E-state index in [4.69, 9.17) is 4.74 Å². The molecule has 0 unspecified atom stereocenters. The number of aromatic nitrogens is 4. The molecule has 0 aliphatic heterocycles. The summed E-state index contributed by atoms with van der Waals surface area (Å²) in [5, 5.41) is 7.56. The molecule has 122 valence electrons. The number of carbonyl (C=O) groups excluding carboxylic acids is 2. The number of thioether (sulfide) groups is 1. The maximum atomic E-state index is 12.3. The molecule has 1 N–H and O–H groups in total. The van der Waals surface area contributed by atoms with Crippen LogP contribution in [0.25, 0.3) is 0 Å². The Labute approximate surface area is 137 Å². The minimum Gasteiger partial charge on any atom is -0.462 e. The summed E-state index contributed by atoms with van der Waals surface area (Å²) >= 11 is 1.32. The number of nitrogens with one attached hydrogen (secondary N) is 1. The predicted molar refractivity (Wildman–Crippen MR) is 86.0 cm³/mol. The number of hydrogen-bond acceptors (Lipinski definition) is 8. The van der Waals surface area contributed by atoms with Crippen molar-refractivity contribution in [1.29, 1.82) is 0 Å². The van der Waals surface area contributed by atoms with Crippen LogP contribution in [0.5, 0.6) is 0 Å². The number of carbonyl (C=O) groups is 2. The van der Waals surface area contributed by atoms with E-state index in [9.17, 15) is 9.59 Å². The van der Waals surface area contributed by atoms with Gasteiger partial charge in [0.05, 0.1) is 24.2 Å². The zero-order valence-corrected chi connectivity index (χ0v) is 13.9. The van der Waals surface area contributed by atoms with E-state index < -0.39 is 5.97 Å². The molecule has 0 saturated carbocycles. The van der Waals surface area contributed by atoms with E-state index in [1.54, 1.807) is 31.0 Å². The van der Waals surface area contributed by atoms with E-state index in [2.05, 4.69) is 20.4 Å².